The van der Waals surface area contributed by atoms with E-state index in [9.17, 15) is 4.79 Å². The van der Waals surface area contributed by atoms with Gasteiger partial charge in [-0.1, -0.05) is 30.9 Å². The summed E-state index contributed by atoms with van der Waals surface area (Å²) in [5.74, 6) is 0.540. The third-order valence-electron chi connectivity index (χ3n) is 2.59. The first kappa shape index (κ1) is 15.6. The first-order valence-electron chi connectivity index (χ1n) is 6.24. The maximum Gasteiger partial charge on any atom is 0.414 e. The molecule has 1 aromatic rings. The second kappa shape index (κ2) is 7.83. The number of ether oxygens (including phenoxy) is 1. The van der Waals surface area contributed by atoms with Crippen molar-refractivity contribution in [1.82, 2.24) is 4.90 Å². The number of rotatable bonds is 6. The number of aliphatic imine (C=N–C) groups is 1. The number of hydrogen-bond acceptors (Lipinski definition) is 3. The molecular formula is C14H20N4O2. The van der Waals surface area contributed by atoms with Crippen molar-refractivity contribution in [2.24, 2.45) is 16.5 Å². The van der Waals surface area contributed by atoms with E-state index in [-0.39, 0.29) is 5.96 Å². The first-order valence-corrected chi connectivity index (χ1v) is 6.24. The highest BCUT2D eigenvalue weighted by atomic mass is 16.6. The molecule has 0 unspecified atom stereocenters. The fourth-order valence-electron chi connectivity index (χ4n) is 1.52. The number of guanidine groups is 1. The Bertz CT molecular complexity index is 496. The summed E-state index contributed by atoms with van der Waals surface area (Å²) < 4.78 is 5.31. The predicted molar refractivity (Wildman–Crippen MR) is 80.5 cm³/mol. The number of nitrogens with zero attached hydrogens (tertiary/aromatic N) is 2. The Labute approximate surface area is 118 Å². The van der Waals surface area contributed by atoms with Crippen molar-refractivity contribution < 1.29 is 9.53 Å². The molecule has 0 aliphatic carbocycles. The van der Waals surface area contributed by atoms with Crippen LogP contribution >= 0.6 is 0 Å². The summed E-state index contributed by atoms with van der Waals surface area (Å²) in [6.07, 6.45) is 1.87. The van der Waals surface area contributed by atoms with Crippen LogP contribution in [0.15, 0.2) is 35.8 Å². The molecule has 0 atom stereocenters. The van der Waals surface area contributed by atoms with E-state index >= 15 is 0 Å². The molecule has 1 amide bonds. The topological polar surface area (TPSA) is 93.9 Å². The summed E-state index contributed by atoms with van der Waals surface area (Å²) >= 11 is 0. The average molecular weight is 276 g/mol. The summed E-state index contributed by atoms with van der Waals surface area (Å²) in [4.78, 5) is 17.2. The van der Waals surface area contributed by atoms with Crippen molar-refractivity contribution >= 4 is 18.1 Å². The van der Waals surface area contributed by atoms with Gasteiger partial charge >= 0.3 is 6.09 Å². The van der Waals surface area contributed by atoms with Crippen LogP contribution in [0.3, 0.4) is 0 Å². The number of carbonyl (C=O) groups excluding carboxylic acids is 1. The minimum Gasteiger partial charge on any atom is -0.410 e. The molecule has 4 N–H and O–H groups in total. The Balaban J connectivity index is 2.49. The van der Waals surface area contributed by atoms with Crippen LogP contribution in [0.25, 0.3) is 6.08 Å². The Kier molecular flexibility index (Phi) is 6.09. The van der Waals surface area contributed by atoms with Gasteiger partial charge in [0.25, 0.3) is 0 Å². The van der Waals surface area contributed by atoms with Crippen LogP contribution in [-0.4, -0.2) is 37.1 Å². The van der Waals surface area contributed by atoms with Gasteiger partial charge in [0.2, 0.25) is 0 Å². The van der Waals surface area contributed by atoms with Gasteiger partial charge in [0.15, 0.2) is 5.96 Å². The highest BCUT2D eigenvalue weighted by Gasteiger charge is 2.12. The second-order valence-electron chi connectivity index (χ2n) is 4.19. The van der Waals surface area contributed by atoms with Crippen LogP contribution in [0.5, 0.6) is 5.75 Å². The molecule has 6 nitrogen and oxygen atoms in total. The number of hydrogen-bond donors (Lipinski definition) is 2. The summed E-state index contributed by atoms with van der Waals surface area (Å²) in [6.45, 7) is 4.66. The highest BCUT2D eigenvalue weighted by molar-refractivity contribution is 5.75. The fraction of sp³-hybridized carbons (Fsp3) is 0.286. The summed E-state index contributed by atoms with van der Waals surface area (Å²) in [6, 6.07) is 7.21. The molecule has 6 heteroatoms. The van der Waals surface area contributed by atoms with E-state index in [0.29, 0.717) is 25.3 Å². The number of amides is 1. The van der Waals surface area contributed by atoms with E-state index in [1.165, 1.54) is 4.90 Å². The third kappa shape index (κ3) is 5.01. The lowest BCUT2D eigenvalue weighted by Crippen LogP contribution is -2.31. The molecule has 0 aliphatic heterocycles. The minimum absolute atomic E-state index is 0.0511. The monoisotopic (exact) mass is 276 g/mol. The SMILES string of the molecule is C=Cc1ccccc1OC(=O)N(C)CCCN=C(N)N. The summed E-state index contributed by atoms with van der Waals surface area (Å²) in [7, 11) is 1.66. The molecule has 20 heavy (non-hydrogen) atoms. The van der Waals surface area contributed by atoms with Crippen LogP contribution in [0.2, 0.25) is 0 Å². The molecular weight excluding hydrogens is 256 g/mol. The van der Waals surface area contributed by atoms with Crippen molar-refractivity contribution in [1.29, 1.82) is 0 Å². The second-order valence-corrected chi connectivity index (χ2v) is 4.19. The van der Waals surface area contributed by atoms with Crippen LogP contribution in [-0.2, 0) is 0 Å². The summed E-state index contributed by atoms with van der Waals surface area (Å²) in [5, 5.41) is 0. The lowest BCUT2D eigenvalue weighted by atomic mass is 10.2. The zero-order valence-corrected chi connectivity index (χ0v) is 11.6. The minimum atomic E-state index is -0.427. The molecule has 0 aliphatic rings. The van der Waals surface area contributed by atoms with Crippen LogP contribution < -0.4 is 16.2 Å². The van der Waals surface area contributed by atoms with Gasteiger partial charge in [0.1, 0.15) is 5.75 Å². The zero-order chi connectivity index (χ0) is 15.0. The third-order valence-corrected chi connectivity index (χ3v) is 2.59. The van der Waals surface area contributed by atoms with Crippen molar-refractivity contribution in [2.75, 3.05) is 20.1 Å². The maximum atomic E-state index is 11.9. The van der Waals surface area contributed by atoms with Crippen molar-refractivity contribution in [3.05, 3.63) is 36.4 Å². The van der Waals surface area contributed by atoms with Gasteiger partial charge in [0, 0.05) is 25.7 Å². The van der Waals surface area contributed by atoms with E-state index < -0.39 is 6.09 Å². The molecule has 0 radical (unpaired) electrons. The predicted octanol–water partition coefficient (Wildman–Crippen LogP) is 1.42. The number of benzene rings is 1. The molecule has 0 saturated carbocycles. The van der Waals surface area contributed by atoms with Crippen molar-refractivity contribution in [3.8, 4) is 5.75 Å². The average Bonchev–Trinajstić information content (AvgIpc) is 2.43. The molecule has 0 spiro atoms. The van der Waals surface area contributed by atoms with Crippen molar-refractivity contribution in [3.63, 3.8) is 0 Å². The number of nitrogens with two attached hydrogens (primary N) is 2. The lowest BCUT2D eigenvalue weighted by Gasteiger charge is -2.17. The number of carbonyl (C=O) groups is 1. The largest absolute Gasteiger partial charge is 0.414 e. The quantitative estimate of drug-likeness (QED) is 0.467. The van der Waals surface area contributed by atoms with Crippen molar-refractivity contribution in [2.45, 2.75) is 6.42 Å². The molecule has 1 aromatic carbocycles. The molecule has 0 fully saturated rings. The van der Waals surface area contributed by atoms with Gasteiger partial charge < -0.3 is 21.1 Å². The Morgan fingerprint density at radius 1 is 1.45 bits per heavy atom. The van der Waals surface area contributed by atoms with Gasteiger partial charge in [-0.05, 0) is 12.5 Å². The van der Waals surface area contributed by atoms with E-state index in [1.807, 2.05) is 12.1 Å². The van der Waals surface area contributed by atoms with E-state index in [1.54, 1.807) is 25.3 Å². The first-order chi connectivity index (χ1) is 9.54. The normalized spacial score (nSPS) is 9.65. The molecule has 0 bridgehead atoms. The number of para-hydroxylation sites is 1. The molecule has 0 aromatic heterocycles. The summed E-state index contributed by atoms with van der Waals surface area (Å²) in [5.41, 5.74) is 11.2. The van der Waals surface area contributed by atoms with Crippen LogP contribution in [0.1, 0.15) is 12.0 Å². The van der Waals surface area contributed by atoms with Crippen LogP contribution in [0, 0.1) is 0 Å². The standard InChI is InChI=1S/C14H20N4O2/c1-3-11-7-4-5-8-12(11)20-14(19)18(2)10-6-9-17-13(15)16/h3-5,7-8H,1,6,9-10H2,2H3,(H4,15,16,17). The molecule has 0 saturated heterocycles. The Hall–Kier alpha value is -2.50. The van der Waals surface area contributed by atoms with Gasteiger partial charge in [-0.2, -0.15) is 0 Å². The highest BCUT2D eigenvalue weighted by Crippen LogP contribution is 2.19. The van der Waals surface area contributed by atoms with E-state index in [4.69, 9.17) is 16.2 Å². The molecule has 0 heterocycles. The van der Waals surface area contributed by atoms with Gasteiger partial charge in [0.05, 0.1) is 0 Å². The fourth-order valence-corrected chi connectivity index (χ4v) is 1.52. The van der Waals surface area contributed by atoms with Gasteiger partial charge in [-0.25, -0.2) is 4.79 Å². The van der Waals surface area contributed by atoms with E-state index in [0.717, 1.165) is 5.56 Å². The Morgan fingerprint density at radius 3 is 2.80 bits per heavy atom. The smallest absolute Gasteiger partial charge is 0.410 e. The molecule has 108 valence electrons. The zero-order valence-electron chi connectivity index (χ0n) is 11.6. The van der Waals surface area contributed by atoms with Crippen LogP contribution in [0.4, 0.5) is 4.79 Å². The lowest BCUT2D eigenvalue weighted by molar-refractivity contribution is 0.162. The molecule has 1 rings (SSSR count). The van der Waals surface area contributed by atoms with Gasteiger partial charge in [-0.15, -0.1) is 0 Å². The van der Waals surface area contributed by atoms with E-state index in [2.05, 4.69) is 11.6 Å². The maximum absolute atomic E-state index is 11.9. The van der Waals surface area contributed by atoms with Gasteiger partial charge in [-0.3, -0.25) is 4.99 Å². The Morgan fingerprint density at radius 2 is 2.15 bits per heavy atom.